The second-order valence-corrected chi connectivity index (χ2v) is 20.7. The van der Waals surface area contributed by atoms with Gasteiger partial charge in [0.05, 0.1) is 32.8 Å². The zero-order valence-corrected chi connectivity index (χ0v) is 35.8. The van der Waals surface area contributed by atoms with Crippen molar-refractivity contribution in [3.8, 4) is 33.9 Å². The van der Waals surface area contributed by atoms with Gasteiger partial charge in [-0.3, -0.25) is 18.7 Å². The monoisotopic (exact) mass is 940 g/mol. The van der Waals surface area contributed by atoms with E-state index in [0.29, 0.717) is 90.7 Å². The van der Waals surface area contributed by atoms with Gasteiger partial charge >= 0.3 is 20.2 Å². The van der Waals surface area contributed by atoms with Crippen molar-refractivity contribution in [2.75, 3.05) is 13.1 Å². The summed E-state index contributed by atoms with van der Waals surface area (Å²) in [6.45, 7) is 0.701. The number of nitrogens with one attached hydrogen (secondary N) is 2. The van der Waals surface area contributed by atoms with Gasteiger partial charge in [-0.05, 0) is 61.4 Å². The second-order valence-electron chi connectivity index (χ2n) is 13.4. The Labute approximate surface area is 359 Å². The molecule has 2 aliphatic rings. The minimum Gasteiger partial charge on any atom is -0.351 e. The van der Waals surface area contributed by atoms with Crippen LogP contribution in [0.4, 0.5) is 0 Å². The molecule has 0 atom stereocenters. The van der Waals surface area contributed by atoms with Crippen LogP contribution in [0.3, 0.4) is 0 Å². The maximum Gasteiger partial charge on any atom is 0.304 e. The molecule has 0 aliphatic heterocycles. The number of hydrogen-bond donors (Lipinski definition) is 4. The molecule has 0 saturated heterocycles. The second kappa shape index (κ2) is 15.7. The largest absolute Gasteiger partial charge is 0.351 e. The number of halogens is 4. The number of benzene rings is 2. The van der Waals surface area contributed by atoms with Crippen LogP contribution in [0, 0.1) is 0 Å². The fraction of sp³-hybridized carbons (Fsp3) is 0.222. The maximum absolute atomic E-state index is 13.5. The Morgan fingerprint density at radius 1 is 0.638 bits per heavy atom. The Morgan fingerprint density at radius 3 is 1.40 bits per heavy atom. The lowest BCUT2D eigenvalue weighted by Crippen LogP contribution is -2.26. The molecule has 0 bridgehead atoms. The van der Waals surface area contributed by atoms with E-state index < -0.39 is 32.1 Å². The van der Waals surface area contributed by atoms with Crippen molar-refractivity contribution in [2.24, 2.45) is 0 Å². The molecule has 2 aromatic carbocycles. The van der Waals surface area contributed by atoms with Gasteiger partial charge in [-0.25, -0.2) is 9.36 Å². The number of fused-ring (bicyclic) bond motifs is 6. The van der Waals surface area contributed by atoms with Gasteiger partial charge in [0.25, 0.3) is 11.8 Å². The first-order valence-corrected chi connectivity index (χ1v) is 23.4. The van der Waals surface area contributed by atoms with Crippen LogP contribution in [-0.4, -0.2) is 70.4 Å². The standard InChI is InChI=1S/C36H28Cl4N6O8S4/c37-17-5-7-25(23(39)11-17)45-33-19-15-29(57(49,50)51)55-27(19)13-21(33)31(43-45)35(47)41-9-3-1-2-4-10-42-36(48)32-22-14-28-20(16-30(56-28)58(52,53)54)34(22)46(44-32)26-8-6-18(38)12-24(26)40/h5-8,11-12,15-16H,1-4,9-10,13-14H2,(H,41,47)(H,42,48)(H,49,50,51)(H,52,53,54). The molecular formula is C36H28Cl4N6O8S4. The van der Waals surface area contributed by atoms with Crippen molar-refractivity contribution >= 4 is 101 Å². The zero-order valence-electron chi connectivity index (χ0n) is 29.6. The fourth-order valence-corrected chi connectivity index (χ4v) is 11.8. The summed E-state index contributed by atoms with van der Waals surface area (Å²) in [6.07, 6.45) is 3.26. The van der Waals surface area contributed by atoms with Crippen LogP contribution < -0.4 is 10.6 Å². The lowest BCUT2D eigenvalue weighted by atomic mass is 10.1. The number of rotatable bonds is 13. The first kappa shape index (κ1) is 40.9. The third-order valence-electron chi connectivity index (χ3n) is 9.61. The van der Waals surface area contributed by atoms with Crippen molar-refractivity contribution < 1.29 is 35.5 Å². The Morgan fingerprint density at radius 2 is 1.03 bits per heavy atom. The van der Waals surface area contributed by atoms with Crippen LogP contribution in [0.2, 0.25) is 20.1 Å². The molecule has 4 heterocycles. The summed E-state index contributed by atoms with van der Waals surface area (Å²) in [6, 6.07) is 12.4. The Balaban J connectivity index is 0.888. The van der Waals surface area contributed by atoms with Crippen molar-refractivity contribution in [2.45, 2.75) is 46.9 Å². The Bertz CT molecular complexity index is 2720. The van der Waals surface area contributed by atoms with Gasteiger partial charge < -0.3 is 10.6 Å². The molecule has 0 fully saturated rings. The van der Waals surface area contributed by atoms with Crippen molar-refractivity contribution in [3.63, 3.8) is 0 Å². The number of aromatic nitrogens is 4. The highest BCUT2D eigenvalue weighted by atomic mass is 35.5. The van der Waals surface area contributed by atoms with E-state index >= 15 is 0 Å². The highest BCUT2D eigenvalue weighted by molar-refractivity contribution is 7.88. The number of nitrogens with zero attached hydrogens (tertiary/aromatic N) is 4. The highest BCUT2D eigenvalue weighted by Crippen LogP contribution is 2.47. The maximum atomic E-state index is 13.5. The summed E-state index contributed by atoms with van der Waals surface area (Å²) in [5.74, 6) is -0.819. The van der Waals surface area contributed by atoms with Crippen LogP contribution in [0.5, 0.6) is 0 Å². The van der Waals surface area contributed by atoms with Gasteiger partial charge in [-0.15, -0.1) is 22.7 Å². The smallest absolute Gasteiger partial charge is 0.304 e. The topological polar surface area (TPSA) is 203 Å². The Hall–Kier alpha value is -3.82. The molecule has 0 radical (unpaired) electrons. The highest BCUT2D eigenvalue weighted by Gasteiger charge is 2.36. The molecule has 14 nitrogen and oxygen atoms in total. The van der Waals surface area contributed by atoms with Crippen molar-refractivity contribution in [1.29, 1.82) is 0 Å². The number of unbranched alkanes of at least 4 members (excludes halogenated alkanes) is 3. The predicted molar refractivity (Wildman–Crippen MR) is 222 cm³/mol. The summed E-state index contributed by atoms with van der Waals surface area (Å²) in [5.41, 5.74) is 4.50. The average molecular weight is 943 g/mol. The van der Waals surface area contributed by atoms with Crippen LogP contribution in [-0.2, 0) is 33.1 Å². The molecule has 58 heavy (non-hydrogen) atoms. The molecule has 8 rings (SSSR count). The molecule has 22 heteroatoms. The van der Waals surface area contributed by atoms with Gasteiger partial charge in [-0.1, -0.05) is 59.2 Å². The SMILES string of the molecule is O=C(NCCCCCCNC(=O)c1nn(-c2ccc(Cl)cc2Cl)c2c1Cc1sc(S(=O)(=O)O)cc1-2)c1nn(-c2ccc(Cl)cc2Cl)c2c1Cc1sc(S(=O)(=O)O)cc1-2. The van der Waals surface area contributed by atoms with E-state index in [1.165, 1.54) is 33.6 Å². The number of carbonyl (C=O) groups excluding carboxylic acids is 2. The van der Waals surface area contributed by atoms with E-state index in [0.717, 1.165) is 35.5 Å². The molecular weight excluding hydrogens is 915 g/mol. The average Bonchev–Trinajstić information content (AvgIpc) is 3.97. The molecule has 0 spiro atoms. The number of hydrogen-bond acceptors (Lipinski definition) is 10. The van der Waals surface area contributed by atoms with Crippen LogP contribution in [0.1, 0.15) is 67.5 Å². The van der Waals surface area contributed by atoms with Crippen LogP contribution in [0.15, 0.2) is 56.9 Å². The summed E-state index contributed by atoms with van der Waals surface area (Å²) in [4.78, 5) is 28.3. The minimum absolute atomic E-state index is 0.168. The quantitative estimate of drug-likeness (QED) is 0.0646. The van der Waals surface area contributed by atoms with Gasteiger partial charge in [0.2, 0.25) is 0 Å². The van der Waals surface area contributed by atoms with Crippen molar-refractivity contribution in [1.82, 2.24) is 30.2 Å². The van der Waals surface area contributed by atoms with Gasteiger partial charge in [0, 0.05) is 68.0 Å². The normalized spacial score (nSPS) is 13.0. The van der Waals surface area contributed by atoms with E-state index in [4.69, 9.17) is 46.4 Å². The zero-order chi connectivity index (χ0) is 41.3. The minimum atomic E-state index is -4.44. The number of thiophene rings is 2. The molecule has 302 valence electrons. The summed E-state index contributed by atoms with van der Waals surface area (Å²) < 4.78 is 69.4. The third kappa shape index (κ3) is 7.71. The first-order chi connectivity index (χ1) is 27.5. The molecule has 4 aromatic heterocycles. The molecule has 2 amide bonds. The third-order valence-corrected chi connectivity index (χ3v) is 15.6. The lowest BCUT2D eigenvalue weighted by molar-refractivity contribution is 0.0937. The van der Waals surface area contributed by atoms with Gasteiger partial charge in [0.15, 0.2) is 11.4 Å². The van der Waals surface area contributed by atoms with E-state index in [2.05, 4.69) is 20.8 Å². The Kier molecular flexibility index (Phi) is 11.0. The van der Waals surface area contributed by atoms with Gasteiger partial charge in [0.1, 0.15) is 8.42 Å². The van der Waals surface area contributed by atoms with E-state index in [1.54, 1.807) is 24.3 Å². The van der Waals surface area contributed by atoms with Crippen LogP contribution >= 0.6 is 69.1 Å². The summed E-state index contributed by atoms with van der Waals surface area (Å²) in [7, 11) is -8.88. The molecule has 0 saturated carbocycles. The molecule has 6 aromatic rings. The molecule has 2 aliphatic carbocycles. The van der Waals surface area contributed by atoms with Crippen LogP contribution in [0.25, 0.3) is 33.9 Å². The van der Waals surface area contributed by atoms with E-state index in [9.17, 15) is 35.5 Å². The number of amides is 2. The predicted octanol–water partition coefficient (Wildman–Crippen LogP) is 8.15. The number of carbonyl (C=O) groups is 2. The molecule has 0 unspecified atom stereocenters. The first-order valence-electron chi connectivity index (χ1n) is 17.4. The summed E-state index contributed by atoms with van der Waals surface area (Å²) in [5, 5.41) is 16.4. The van der Waals surface area contributed by atoms with E-state index in [1.807, 2.05) is 0 Å². The lowest BCUT2D eigenvalue weighted by Gasteiger charge is -2.09. The van der Waals surface area contributed by atoms with Gasteiger partial charge in [-0.2, -0.15) is 27.0 Å². The fourth-order valence-electron chi connectivity index (χ4n) is 7.03. The van der Waals surface area contributed by atoms with Crippen molar-refractivity contribution in [3.05, 3.63) is 101 Å². The summed E-state index contributed by atoms with van der Waals surface area (Å²) >= 11 is 27.1. The van der Waals surface area contributed by atoms with E-state index in [-0.39, 0.29) is 42.7 Å². The molecule has 4 N–H and O–H groups in total.